The molecule has 0 aliphatic heterocycles. The van der Waals surface area contributed by atoms with Crippen LogP contribution in [0, 0.1) is 12.7 Å². The summed E-state index contributed by atoms with van der Waals surface area (Å²) in [5, 5.41) is 5.08. The van der Waals surface area contributed by atoms with Gasteiger partial charge < -0.3 is 20.1 Å². The van der Waals surface area contributed by atoms with Crippen LogP contribution < -0.4 is 10.6 Å². The number of esters is 1. The maximum absolute atomic E-state index is 14.7. The number of hydrogen-bond donors (Lipinski definition) is 2. The van der Waals surface area contributed by atoms with E-state index in [1.165, 1.54) is 6.07 Å². The predicted molar refractivity (Wildman–Crippen MR) is 156 cm³/mol. The molecule has 0 saturated heterocycles. The molecule has 0 aliphatic carbocycles. The Balaban J connectivity index is 1.47. The molecule has 1 atom stereocenters. The molecule has 0 bridgehead atoms. The Morgan fingerprint density at radius 1 is 0.881 bits per heavy atom. The predicted octanol–water partition coefficient (Wildman–Crippen LogP) is 5.53. The first kappa shape index (κ1) is 29.9. The van der Waals surface area contributed by atoms with Crippen molar-refractivity contribution in [1.82, 2.24) is 15.6 Å². The topological polar surface area (TPSA) is 107 Å². The van der Waals surface area contributed by atoms with Crippen molar-refractivity contribution in [3.63, 3.8) is 0 Å². The Morgan fingerprint density at radius 2 is 1.52 bits per heavy atom. The van der Waals surface area contributed by atoms with E-state index < -0.39 is 29.8 Å². The first-order valence-corrected chi connectivity index (χ1v) is 13.6. The lowest BCUT2D eigenvalue weighted by Gasteiger charge is -2.19. The summed E-state index contributed by atoms with van der Waals surface area (Å²) in [6.45, 7) is 3.50. The van der Waals surface area contributed by atoms with Gasteiger partial charge in [0.25, 0.3) is 5.91 Å². The molecule has 1 heterocycles. The highest BCUT2D eigenvalue weighted by molar-refractivity contribution is 5.96. The fourth-order valence-corrected chi connectivity index (χ4v) is 4.37. The number of carbonyl (C=O) groups excluding carboxylic acids is 3. The first-order chi connectivity index (χ1) is 20.3. The molecule has 0 fully saturated rings. The highest BCUT2D eigenvalue weighted by atomic mass is 19.1. The maximum atomic E-state index is 14.7. The third-order valence-electron chi connectivity index (χ3n) is 6.50. The molecule has 2 amide bonds. The molecule has 0 radical (unpaired) electrons. The van der Waals surface area contributed by atoms with E-state index in [0.29, 0.717) is 12.0 Å². The van der Waals surface area contributed by atoms with Gasteiger partial charge in [0.1, 0.15) is 25.1 Å². The van der Waals surface area contributed by atoms with E-state index in [1.54, 1.807) is 36.5 Å². The number of hydrogen-bond acceptors (Lipinski definition) is 6. The normalized spacial score (nSPS) is 11.3. The highest BCUT2D eigenvalue weighted by Crippen LogP contribution is 2.28. The van der Waals surface area contributed by atoms with Crippen molar-refractivity contribution >= 4 is 18.0 Å². The average Bonchev–Trinajstić information content (AvgIpc) is 3.01. The van der Waals surface area contributed by atoms with Crippen molar-refractivity contribution in [1.29, 1.82) is 0 Å². The number of aromatic nitrogens is 1. The van der Waals surface area contributed by atoms with Crippen molar-refractivity contribution in [3.05, 3.63) is 125 Å². The van der Waals surface area contributed by atoms with Gasteiger partial charge in [0, 0.05) is 29.6 Å². The number of amides is 2. The molecule has 4 rings (SSSR count). The molecule has 0 spiro atoms. The van der Waals surface area contributed by atoms with Gasteiger partial charge in [-0.05, 0) is 59.9 Å². The summed E-state index contributed by atoms with van der Waals surface area (Å²) in [4.78, 5) is 43.0. The monoisotopic (exact) mass is 569 g/mol. The number of benzene rings is 3. The summed E-state index contributed by atoms with van der Waals surface area (Å²) in [6, 6.07) is 22.7. The number of nitrogens with zero attached hydrogens (tertiary/aromatic N) is 1. The first-order valence-electron chi connectivity index (χ1n) is 13.6. The Labute approximate surface area is 243 Å². The molecule has 4 aromatic rings. The molecule has 216 valence electrons. The standard InChI is InChI=1S/C33H32FN3O5/c1-3-28-30(22(2)14-15-35-28)25-16-26(18-27(34)17-25)31(38)36-19-29(32(39)41-20-23-10-6-4-7-11-23)37-33(40)42-21-24-12-8-5-9-13-24/h4-18,29H,3,19-21H2,1-2H3,(H,36,38)(H,37,40)/t29-/m1/s1. The summed E-state index contributed by atoms with van der Waals surface area (Å²) in [5.41, 5.74) is 4.54. The summed E-state index contributed by atoms with van der Waals surface area (Å²) < 4.78 is 25.3. The number of rotatable bonds is 11. The van der Waals surface area contributed by atoms with E-state index in [-0.39, 0.29) is 25.3 Å². The Bertz CT molecular complexity index is 1530. The molecule has 8 nitrogen and oxygen atoms in total. The SMILES string of the molecule is CCc1nccc(C)c1-c1cc(F)cc(C(=O)NC[C@@H](NC(=O)OCc2ccccc2)C(=O)OCc2ccccc2)c1. The zero-order chi connectivity index (χ0) is 29.9. The van der Waals surface area contributed by atoms with E-state index >= 15 is 0 Å². The van der Waals surface area contributed by atoms with Crippen molar-refractivity contribution in [3.8, 4) is 11.1 Å². The van der Waals surface area contributed by atoms with Gasteiger partial charge in [0.15, 0.2) is 0 Å². The van der Waals surface area contributed by atoms with E-state index in [4.69, 9.17) is 9.47 Å². The van der Waals surface area contributed by atoms with Crippen LogP contribution >= 0.6 is 0 Å². The maximum Gasteiger partial charge on any atom is 0.408 e. The van der Waals surface area contributed by atoms with Crippen LogP contribution in [0.3, 0.4) is 0 Å². The van der Waals surface area contributed by atoms with E-state index in [1.807, 2.05) is 56.3 Å². The van der Waals surface area contributed by atoms with Crippen LogP contribution in [0.2, 0.25) is 0 Å². The average molecular weight is 570 g/mol. The molecule has 9 heteroatoms. The number of pyridine rings is 1. The second kappa shape index (κ2) is 14.5. The van der Waals surface area contributed by atoms with Crippen molar-refractivity contribution < 1.29 is 28.2 Å². The number of nitrogens with one attached hydrogen (secondary N) is 2. The van der Waals surface area contributed by atoms with Crippen LogP contribution in [0.4, 0.5) is 9.18 Å². The second-order valence-electron chi connectivity index (χ2n) is 9.59. The van der Waals surface area contributed by atoms with Gasteiger partial charge in [-0.15, -0.1) is 0 Å². The number of carbonyl (C=O) groups is 3. The third-order valence-corrected chi connectivity index (χ3v) is 6.50. The minimum Gasteiger partial charge on any atom is -0.459 e. The van der Waals surface area contributed by atoms with Gasteiger partial charge in [-0.25, -0.2) is 14.0 Å². The number of halogens is 1. The zero-order valence-electron chi connectivity index (χ0n) is 23.4. The third kappa shape index (κ3) is 8.23. The molecule has 0 unspecified atom stereocenters. The lowest BCUT2D eigenvalue weighted by Crippen LogP contribution is -2.49. The summed E-state index contributed by atoms with van der Waals surface area (Å²) >= 11 is 0. The van der Waals surface area contributed by atoms with Gasteiger partial charge in [-0.3, -0.25) is 9.78 Å². The van der Waals surface area contributed by atoms with Gasteiger partial charge in [-0.1, -0.05) is 67.6 Å². The highest BCUT2D eigenvalue weighted by Gasteiger charge is 2.25. The van der Waals surface area contributed by atoms with Crippen LogP contribution in [0.25, 0.3) is 11.1 Å². The Kier molecular flexibility index (Phi) is 10.4. The lowest BCUT2D eigenvalue weighted by molar-refractivity contribution is -0.147. The van der Waals surface area contributed by atoms with E-state index in [9.17, 15) is 18.8 Å². The Morgan fingerprint density at radius 3 is 2.17 bits per heavy atom. The van der Waals surface area contributed by atoms with Crippen molar-refractivity contribution in [2.45, 2.75) is 39.5 Å². The van der Waals surface area contributed by atoms with Crippen LogP contribution in [0.15, 0.2) is 91.1 Å². The molecule has 1 aromatic heterocycles. The van der Waals surface area contributed by atoms with Crippen LogP contribution in [-0.2, 0) is 33.9 Å². The summed E-state index contributed by atoms with van der Waals surface area (Å²) in [6.07, 6.45) is 1.47. The number of ether oxygens (including phenoxy) is 2. The largest absolute Gasteiger partial charge is 0.459 e. The van der Waals surface area contributed by atoms with E-state index in [2.05, 4.69) is 15.6 Å². The van der Waals surface area contributed by atoms with Gasteiger partial charge in [-0.2, -0.15) is 0 Å². The summed E-state index contributed by atoms with van der Waals surface area (Å²) in [7, 11) is 0. The fraction of sp³-hybridized carbons (Fsp3) is 0.212. The minimum absolute atomic E-state index is 0.00953. The lowest BCUT2D eigenvalue weighted by atomic mass is 9.96. The molecule has 0 aliphatic rings. The molecule has 42 heavy (non-hydrogen) atoms. The molecule has 3 aromatic carbocycles. The van der Waals surface area contributed by atoms with Crippen LogP contribution in [0.1, 0.15) is 39.7 Å². The second-order valence-corrected chi connectivity index (χ2v) is 9.59. The van der Waals surface area contributed by atoms with Crippen molar-refractivity contribution in [2.24, 2.45) is 0 Å². The smallest absolute Gasteiger partial charge is 0.408 e. The molecular weight excluding hydrogens is 537 g/mol. The summed E-state index contributed by atoms with van der Waals surface area (Å²) in [5.74, 6) is -1.99. The van der Waals surface area contributed by atoms with E-state index in [0.717, 1.165) is 34.0 Å². The van der Waals surface area contributed by atoms with Gasteiger partial charge in [0.05, 0.1) is 0 Å². The zero-order valence-corrected chi connectivity index (χ0v) is 23.4. The quantitative estimate of drug-likeness (QED) is 0.230. The minimum atomic E-state index is -1.26. The Hall–Kier alpha value is -5.05. The van der Waals surface area contributed by atoms with Crippen LogP contribution in [0.5, 0.6) is 0 Å². The van der Waals surface area contributed by atoms with Crippen LogP contribution in [-0.4, -0.2) is 35.5 Å². The van der Waals surface area contributed by atoms with Gasteiger partial charge in [0.2, 0.25) is 0 Å². The number of alkyl carbamates (subject to hydrolysis) is 1. The molecular formula is C33H32FN3O5. The van der Waals surface area contributed by atoms with Crippen molar-refractivity contribution in [2.75, 3.05) is 6.54 Å². The van der Waals surface area contributed by atoms with Gasteiger partial charge >= 0.3 is 12.1 Å². The molecule has 2 N–H and O–H groups in total. The fourth-order valence-electron chi connectivity index (χ4n) is 4.37. The number of aryl methyl sites for hydroxylation is 2. The molecule has 0 saturated carbocycles.